The molecular formula is C40H26N2O. The van der Waals surface area contributed by atoms with E-state index in [9.17, 15) is 0 Å². The normalized spacial score (nSPS) is 11.7. The van der Waals surface area contributed by atoms with Crippen LogP contribution in [0.1, 0.15) is 0 Å². The lowest BCUT2D eigenvalue weighted by Crippen LogP contribution is -2.10. The lowest BCUT2D eigenvalue weighted by Gasteiger charge is -2.27. The molecule has 0 spiro atoms. The number of nitrogens with zero attached hydrogens (tertiary/aromatic N) is 2. The third kappa shape index (κ3) is 3.62. The molecule has 2 heterocycles. The molecule has 0 radical (unpaired) electrons. The molecule has 9 aromatic rings. The molecule has 202 valence electrons. The summed E-state index contributed by atoms with van der Waals surface area (Å²) < 4.78 is 8.90. The summed E-state index contributed by atoms with van der Waals surface area (Å²) >= 11 is 0. The van der Waals surface area contributed by atoms with Crippen molar-refractivity contribution in [3.05, 3.63) is 158 Å². The van der Waals surface area contributed by atoms with Crippen LogP contribution in [0.15, 0.2) is 162 Å². The Hall–Kier alpha value is -5.80. The maximum atomic E-state index is 6.53. The summed E-state index contributed by atoms with van der Waals surface area (Å²) in [5.41, 5.74) is 8.57. The third-order valence-corrected chi connectivity index (χ3v) is 8.56. The zero-order valence-electron chi connectivity index (χ0n) is 23.3. The third-order valence-electron chi connectivity index (χ3n) is 8.56. The summed E-state index contributed by atoms with van der Waals surface area (Å²) in [6.45, 7) is 0. The maximum Gasteiger partial charge on any atom is 0.137 e. The van der Waals surface area contributed by atoms with Gasteiger partial charge in [-0.15, -0.1) is 0 Å². The molecule has 43 heavy (non-hydrogen) atoms. The van der Waals surface area contributed by atoms with Gasteiger partial charge in [0.15, 0.2) is 0 Å². The molecule has 0 saturated heterocycles. The molecule has 2 aromatic heterocycles. The smallest absolute Gasteiger partial charge is 0.137 e. The summed E-state index contributed by atoms with van der Waals surface area (Å²) in [4.78, 5) is 2.34. The molecule has 0 aliphatic carbocycles. The molecule has 0 amide bonds. The number of anilines is 3. The first-order chi connectivity index (χ1) is 21.3. The van der Waals surface area contributed by atoms with Crippen LogP contribution in [0.4, 0.5) is 17.1 Å². The molecule has 3 nitrogen and oxygen atoms in total. The Labute approximate surface area is 248 Å². The molecule has 0 atom stereocenters. The summed E-state index contributed by atoms with van der Waals surface area (Å²) in [7, 11) is 0. The maximum absolute atomic E-state index is 6.53. The molecule has 0 aliphatic rings. The lowest BCUT2D eigenvalue weighted by molar-refractivity contribution is 0.664. The largest absolute Gasteiger partial charge is 0.456 e. The molecular weight excluding hydrogens is 524 g/mol. The molecule has 0 N–H and O–H groups in total. The molecule has 0 bridgehead atoms. The van der Waals surface area contributed by atoms with Crippen LogP contribution in [0.25, 0.3) is 60.2 Å². The van der Waals surface area contributed by atoms with Crippen molar-refractivity contribution in [3.8, 4) is 5.69 Å². The monoisotopic (exact) mass is 550 g/mol. The standard InChI is InChI=1S/C40H26N2O/c1-2-13-28(14-3-1)41(34-18-8-12-27-11-4-5-15-31(27)34)29-23-25-30(26-24-29)42-35-19-9-17-33-32-16-6-7-21-37(32)43-38-22-10-20-36(42)40(38)39(33)35/h1-26H. The first-order valence-electron chi connectivity index (χ1n) is 14.6. The second kappa shape index (κ2) is 9.37. The highest BCUT2D eigenvalue weighted by Gasteiger charge is 2.19. The topological polar surface area (TPSA) is 21.3 Å². The Morgan fingerprint density at radius 3 is 1.88 bits per heavy atom. The summed E-state index contributed by atoms with van der Waals surface area (Å²) in [5.74, 6) is 0. The van der Waals surface area contributed by atoms with Crippen LogP contribution in [0.5, 0.6) is 0 Å². The number of hydrogen-bond acceptors (Lipinski definition) is 2. The number of aromatic nitrogens is 1. The van der Waals surface area contributed by atoms with Gasteiger partial charge in [0.25, 0.3) is 0 Å². The van der Waals surface area contributed by atoms with Gasteiger partial charge in [-0.1, -0.05) is 91.0 Å². The van der Waals surface area contributed by atoms with Gasteiger partial charge in [0.1, 0.15) is 11.2 Å². The van der Waals surface area contributed by atoms with Crippen molar-refractivity contribution in [3.63, 3.8) is 0 Å². The summed E-state index contributed by atoms with van der Waals surface area (Å²) in [6, 6.07) is 55.9. The van der Waals surface area contributed by atoms with Crippen molar-refractivity contribution in [2.24, 2.45) is 0 Å². The fraction of sp³-hybridized carbons (Fsp3) is 0. The van der Waals surface area contributed by atoms with Gasteiger partial charge >= 0.3 is 0 Å². The lowest BCUT2D eigenvalue weighted by atomic mass is 10.1. The minimum Gasteiger partial charge on any atom is -0.456 e. The van der Waals surface area contributed by atoms with E-state index in [1.807, 2.05) is 6.07 Å². The minimum atomic E-state index is 0.890. The van der Waals surface area contributed by atoms with Crippen LogP contribution in [0.3, 0.4) is 0 Å². The van der Waals surface area contributed by atoms with E-state index in [-0.39, 0.29) is 0 Å². The van der Waals surface area contributed by atoms with E-state index in [2.05, 4.69) is 161 Å². The quantitative estimate of drug-likeness (QED) is 0.217. The number of fused-ring (bicyclic) bond motifs is 3. The summed E-state index contributed by atoms with van der Waals surface area (Å²) in [5, 5.41) is 7.13. The molecule has 7 aromatic carbocycles. The number of hydrogen-bond donors (Lipinski definition) is 0. The van der Waals surface area contributed by atoms with Gasteiger partial charge < -0.3 is 13.9 Å². The van der Waals surface area contributed by atoms with E-state index in [1.165, 1.54) is 27.1 Å². The van der Waals surface area contributed by atoms with Gasteiger partial charge in [-0.2, -0.15) is 0 Å². The van der Waals surface area contributed by atoms with E-state index in [0.717, 1.165) is 50.2 Å². The van der Waals surface area contributed by atoms with Gasteiger partial charge in [0.05, 0.1) is 22.1 Å². The Morgan fingerprint density at radius 2 is 1.02 bits per heavy atom. The predicted molar refractivity (Wildman–Crippen MR) is 180 cm³/mol. The highest BCUT2D eigenvalue weighted by molar-refractivity contribution is 6.26. The van der Waals surface area contributed by atoms with Crippen LogP contribution < -0.4 is 4.90 Å². The number of para-hydroxylation sites is 2. The van der Waals surface area contributed by atoms with E-state index in [4.69, 9.17) is 4.42 Å². The minimum absolute atomic E-state index is 0.890. The fourth-order valence-electron chi connectivity index (χ4n) is 6.72. The van der Waals surface area contributed by atoms with E-state index in [0.29, 0.717) is 0 Å². The van der Waals surface area contributed by atoms with Crippen LogP contribution in [-0.2, 0) is 0 Å². The Balaban J connectivity index is 1.27. The molecule has 3 heteroatoms. The van der Waals surface area contributed by atoms with Crippen LogP contribution in [-0.4, -0.2) is 4.57 Å². The molecule has 0 unspecified atom stereocenters. The van der Waals surface area contributed by atoms with E-state index in [1.54, 1.807) is 0 Å². The van der Waals surface area contributed by atoms with Crippen molar-refractivity contribution < 1.29 is 4.42 Å². The average Bonchev–Trinajstić information content (AvgIpc) is 3.33. The van der Waals surface area contributed by atoms with Gasteiger partial charge in [0.2, 0.25) is 0 Å². The van der Waals surface area contributed by atoms with Crippen molar-refractivity contribution in [2.75, 3.05) is 4.90 Å². The Kier molecular flexibility index (Phi) is 5.20. The number of rotatable bonds is 4. The van der Waals surface area contributed by atoms with Crippen molar-refractivity contribution in [2.45, 2.75) is 0 Å². The van der Waals surface area contributed by atoms with Crippen LogP contribution >= 0.6 is 0 Å². The molecule has 0 fully saturated rings. The van der Waals surface area contributed by atoms with Gasteiger partial charge in [-0.3, -0.25) is 0 Å². The highest BCUT2D eigenvalue weighted by atomic mass is 16.3. The Morgan fingerprint density at radius 1 is 0.419 bits per heavy atom. The van der Waals surface area contributed by atoms with Crippen molar-refractivity contribution in [1.82, 2.24) is 4.57 Å². The first-order valence-corrected chi connectivity index (χ1v) is 14.6. The SMILES string of the molecule is c1ccc(N(c2ccc(-n3c4cccc5oc6ccccc6c6cccc3c6c54)cc2)c2cccc3ccccc23)cc1. The zero-order valence-corrected chi connectivity index (χ0v) is 23.3. The molecule has 0 saturated carbocycles. The molecule has 9 rings (SSSR count). The average molecular weight is 551 g/mol. The van der Waals surface area contributed by atoms with E-state index < -0.39 is 0 Å². The highest BCUT2D eigenvalue weighted by Crippen LogP contribution is 2.42. The van der Waals surface area contributed by atoms with E-state index >= 15 is 0 Å². The van der Waals surface area contributed by atoms with Crippen molar-refractivity contribution in [1.29, 1.82) is 0 Å². The zero-order chi connectivity index (χ0) is 28.3. The van der Waals surface area contributed by atoms with Gasteiger partial charge in [0, 0.05) is 33.2 Å². The van der Waals surface area contributed by atoms with Crippen LogP contribution in [0.2, 0.25) is 0 Å². The summed E-state index contributed by atoms with van der Waals surface area (Å²) in [6.07, 6.45) is 0. The second-order valence-electron chi connectivity index (χ2n) is 11.0. The fourth-order valence-corrected chi connectivity index (χ4v) is 6.72. The Bertz CT molecular complexity index is 2440. The predicted octanol–water partition coefficient (Wildman–Crippen LogP) is 11.3. The molecule has 0 aliphatic heterocycles. The van der Waals surface area contributed by atoms with Crippen LogP contribution in [0, 0.1) is 0 Å². The second-order valence-corrected chi connectivity index (χ2v) is 11.0. The van der Waals surface area contributed by atoms with Gasteiger partial charge in [-0.25, -0.2) is 0 Å². The van der Waals surface area contributed by atoms with Gasteiger partial charge in [-0.05, 0) is 77.5 Å². The number of benzene rings is 7. The first kappa shape index (κ1) is 23.9. The van der Waals surface area contributed by atoms with Crippen molar-refractivity contribution >= 4 is 71.6 Å².